The predicted molar refractivity (Wildman–Crippen MR) is 327 cm³/mol. The molecule has 0 fully saturated rings. The fourth-order valence-corrected chi connectivity index (χ4v) is 11.8. The Morgan fingerprint density at radius 3 is 1.61 bits per heavy atom. The molecule has 0 spiro atoms. The molecular weight excluding hydrogens is 939 g/mol. The molecule has 11 aromatic rings. The molecule has 1 aliphatic rings. The van der Waals surface area contributed by atoms with Crippen molar-refractivity contribution in [1.29, 1.82) is 0 Å². The Morgan fingerprint density at radius 2 is 1.00 bits per heavy atom. The molecule has 0 N–H and O–H groups in total. The molecule has 0 saturated heterocycles. The van der Waals surface area contributed by atoms with Crippen LogP contribution in [-0.2, 0) is 10.8 Å². The number of anilines is 4. The Balaban J connectivity index is 0.979. The second-order valence-corrected chi connectivity index (χ2v) is 24.4. The van der Waals surface area contributed by atoms with E-state index in [1.807, 2.05) is 6.20 Å². The summed E-state index contributed by atoms with van der Waals surface area (Å²) in [5.41, 5.74) is 19.5. The van der Waals surface area contributed by atoms with Crippen LogP contribution in [0.15, 0.2) is 182 Å². The van der Waals surface area contributed by atoms with Gasteiger partial charge in [0.1, 0.15) is 24.0 Å². The average Bonchev–Trinajstić information content (AvgIpc) is 4.23. The molecule has 6 heteroatoms. The van der Waals surface area contributed by atoms with Crippen LogP contribution in [0.2, 0.25) is 0 Å². The van der Waals surface area contributed by atoms with Crippen molar-refractivity contribution in [1.82, 2.24) is 14.1 Å². The lowest BCUT2D eigenvalue weighted by Crippen LogP contribution is -2.25. The number of pyridine rings is 1. The number of hydrogen-bond donors (Lipinski definition) is 0. The van der Waals surface area contributed by atoms with Gasteiger partial charge in [-0.15, -0.1) is 0 Å². The first-order valence-corrected chi connectivity index (χ1v) is 27.7. The normalized spacial score (nSPS) is 13.2. The van der Waals surface area contributed by atoms with E-state index in [2.05, 4.69) is 278 Å². The van der Waals surface area contributed by atoms with E-state index < -0.39 is 0 Å². The van der Waals surface area contributed by atoms with Crippen molar-refractivity contribution in [3.63, 3.8) is 0 Å². The van der Waals surface area contributed by atoms with Crippen molar-refractivity contribution in [2.45, 2.75) is 112 Å². The first-order chi connectivity index (χ1) is 36.9. The summed E-state index contributed by atoms with van der Waals surface area (Å²) in [6.45, 7) is 28.4. The van der Waals surface area contributed by atoms with Crippen LogP contribution in [0.3, 0.4) is 0 Å². The van der Waals surface area contributed by atoms with E-state index in [1.165, 1.54) is 77.8 Å². The molecule has 12 rings (SSSR count). The maximum Gasteiger partial charge on any atom is 0.138 e. The summed E-state index contributed by atoms with van der Waals surface area (Å²) in [6, 6.07) is 64.8. The maximum atomic E-state index is 6.99. The number of rotatable bonds is 10. The summed E-state index contributed by atoms with van der Waals surface area (Å²) in [6.07, 6.45) is 1.99. The quantitative estimate of drug-likeness (QED) is 0.137. The predicted octanol–water partition coefficient (Wildman–Crippen LogP) is 19.9. The first-order valence-electron chi connectivity index (χ1n) is 27.7. The van der Waals surface area contributed by atoms with Crippen LogP contribution in [0.4, 0.5) is 22.7 Å². The van der Waals surface area contributed by atoms with Crippen molar-refractivity contribution in [3.8, 4) is 34.1 Å². The molecule has 6 nitrogen and oxygen atoms in total. The first kappa shape index (κ1) is 49.8. The number of benzene rings is 8. The highest BCUT2D eigenvalue weighted by Gasteiger charge is 2.31. The van der Waals surface area contributed by atoms with Gasteiger partial charge in [0.05, 0.1) is 33.4 Å². The summed E-state index contributed by atoms with van der Waals surface area (Å²) in [5.74, 6) is 3.50. The van der Waals surface area contributed by atoms with Crippen molar-refractivity contribution < 1.29 is 4.74 Å². The SMILES string of the molecule is CC(C)c1cc(C(C)C)c(-c2ccnc(-n3c4ccc(-n5c6ccccc6c6ccccc65)cc4c4ccc(Oc5cccc(N6CN(c7cc(C(C)(C)C)cc(C(C)(C)C)c7)c7ccccc76)c5)cc43)c2)c(C(C)C)c1. The molecule has 1 aliphatic heterocycles. The number of para-hydroxylation sites is 4. The fraction of sp³-hybridized carbons (Fsp3) is 0.254. The lowest BCUT2D eigenvalue weighted by molar-refractivity contribution is 0.483. The summed E-state index contributed by atoms with van der Waals surface area (Å²) >= 11 is 0. The number of aromatic nitrogens is 3. The minimum Gasteiger partial charge on any atom is -0.457 e. The molecule has 8 aromatic carbocycles. The summed E-state index contributed by atoms with van der Waals surface area (Å²) < 4.78 is 11.7. The van der Waals surface area contributed by atoms with Crippen molar-refractivity contribution in [3.05, 3.63) is 210 Å². The van der Waals surface area contributed by atoms with Gasteiger partial charge in [0.25, 0.3) is 0 Å². The third-order valence-electron chi connectivity index (χ3n) is 16.0. The molecule has 77 heavy (non-hydrogen) atoms. The van der Waals surface area contributed by atoms with Gasteiger partial charge in [-0.3, -0.25) is 4.57 Å². The zero-order valence-corrected chi connectivity index (χ0v) is 46.9. The highest BCUT2D eigenvalue weighted by Crippen LogP contribution is 2.47. The molecule has 0 atom stereocenters. The van der Waals surface area contributed by atoms with Gasteiger partial charge in [-0.1, -0.05) is 156 Å². The van der Waals surface area contributed by atoms with Gasteiger partial charge in [-0.05, 0) is 159 Å². The van der Waals surface area contributed by atoms with E-state index in [4.69, 9.17) is 9.72 Å². The number of fused-ring (bicyclic) bond motifs is 7. The minimum absolute atomic E-state index is 0.00403. The fourth-order valence-electron chi connectivity index (χ4n) is 11.8. The molecule has 0 saturated carbocycles. The van der Waals surface area contributed by atoms with Crippen LogP contribution in [0.1, 0.15) is 129 Å². The number of hydrogen-bond acceptors (Lipinski definition) is 4. The van der Waals surface area contributed by atoms with Crippen molar-refractivity contribution >= 4 is 66.4 Å². The van der Waals surface area contributed by atoms with E-state index in [0.717, 1.165) is 50.5 Å². The second kappa shape index (κ2) is 18.9. The lowest BCUT2D eigenvalue weighted by atomic mass is 9.80. The molecule has 0 radical (unpaired) electrons. The second-order valence-electron chi connectivity index (χ2n) is 24.4. The third-order valence-corrected chi connectivity index (χ3v) is 16.0. The summed E-state index contributed by atoms with van der Waals surface area (Å²) in [7, 11) is 0. The topological polar surface area (TPSA) is 38.5 Å². The molecule has 4 heterocycles. The smallest absolute Gasteiger partial charge is 0.138 e. The van der Waals surface area contributed by atoms with Crippen molar-refractivity contribution in [2.75, 3.05) is 16.5 Å². The van der Waals surface area contributed by atoms with Gasteiger partial charge < -0.3 is 19.1 Å². The Kier molecular flexibility index (Phi) is 12.2. The summed E-state index contributed by atoms with van der Waals surface area (Å²) in [4.78, 5) is 10.1. The van der Waals surface area contributed by atoms with Crippen LogP contribution in [0, 0.1) is 0 Å². The zero-order chi connectivity index (χ0) is 53.7. The number of nitrogens with zero attached hydrogens (tertiary/aromatic N) is 5. The maximum absolute atomic E-state index is 6.99. The Hall–Kier alpha value is -8.09. The Bertz CT molecular complexity index is 3960. The highest BCUT2D eigenvalue weighted by atomic mass is 16.5. The largest absolute Gasteiger partial charge is 0.457 e. The molecule has 0 unspecified atom stereocenters. The lowest BCUT2D eigenvalue weighted by Gasteiger charge is -2.29. The molecule has 0 aliphatic carbocycles. The average molecular weight is 1010 g/mol. The molecule has 386 valence electrons. The molecule has 3 aromatic heterocycles. The van der Waals surface area contributed by atoms with Gasteiger partial charge in [-0.25, -0.2) is 4.98 Å². The van der Waals surface area contributed by atoms with Crippen LogP contribution >= 0.6 is 0 Å². The molecule has 0 bridgehead atoms. The van der Waals surface area contributed by atoms with E-state index in [1.54, 1.807) is 0 Å². The van der Waals surface area contributed by atoms with Gasteiger partial charge in [0.2, 0.25) is 0 Å². The molecule has 0 amide bonds. The van der Waals surface area contributed by atoms with Crippen LogP contribution in [-0.4, -0.2) is 20.8 Å². The molecular formula is C71H71N5O. The van der Waals surface area contributed by atoms with Crippen LogP contribution in [0.25, 0.3) is 66.2 Å². The van der Waals surface area contributed by atoms with E-state index in [9.17, 15) is 0 Å². The van der Waals surface area contributed by atoms with E-state index in [0.29, 0.717) is 24.4 Å². The van der Waals surface area contributed by atoms with Crippen LogP contribution in [0.5, 0.6) is 11.5 Å². The zero-order valence-electron chi connectivity index (χ0n) is 46.9. The highest BCUT2D eigenvalue weighted by molar-refractivity contribution is 6.12. The van der Waals surface area contributed by atoms with Gasteiger partial charge in [0.15, 0.2) is 0 Å². The Morgan fingerprint density at radius 1 is 0.429 bits per heavy atom. The van der Waals surface area contributed by atoms with Crippen molar-refractivity contribution in [2.24, 2.45) is 0 Å². The monoisotopic (exact) mass is 1010 g/mol. The van der Waals surface area contributed by atoms with Gasteiger partial charge in [0, 0.05) is 56.9 Å². The van der Waals surface area contributed by atoms with Gasteiger partial charge >= 0.3 is 0 Å². The van der Waals surface area contributed by atoms with E-state index >= 15 is 0 Å². The summed E-state index contributed by atoms with van der Waals surface area (Å²) in [5, 5.41) is 4.76. The van der Waals surface area contributed by atoms with Gasteiger partial charge in [-0.2, -0.15) is 0 Å². The number of ether oxygens (including phenoxy) is 1. The third kappa shape index (κ3) is 8.82. The standard InChI is InChI=1S/C71H71N5O/c1-44(2)48-34-59(45(3)4)69(60(35-48)46(5)6)47-32-33-72-68(36-47)76-64-31-28-52(75-62-24-15-13-22-56(62)57-23-14-16-25-63(57)75)41-61(64)58-30-29-55(42-67(58)76)77-54-21-19-20-51(40-54)73-43-74(66-27-18-17-26-65(66)73)53-38-49(70(7,8)9)37-50(39-53)71(10,11)12/h13-42,44-46H,43H2,1-12H3. The van der Waals surface area contributed by atoms with E-state index in [-0.39, 0.29) is 10.8 Å². The minimum atomic E-state index is 0.00403. The van der Waals surface area contributed by atoms with Crippen LogP contribution < -0.4 is 14.5 Å². The Labute approximate surface area is 455 Å².